The maximum atomic E-state index is 12.2. The Balaban J connectivity index is 1.72. The predicted molar refractivity (Wildman–Crippen MR) is 110 cm³/mol. The molecule has 9 heteroatoms. The Hall–Kier alpha value is -2.78. The van der Waals surface area contributed by atoms with Crippen molar-refractivity contribution in [1.82, 2.24) is 0 Å². The smallest absolute Gasteiger partial charge is 0.418 e. The summed E-state index contributed by atoms with van der Waals surface area (Å²) in [6.45, 7) is 0.546. The van der Waals surface area contributed by atoms with Gasteiger partial charge in [0.2, 0.25) is 5.76 Å². The minimum Gasteiger partial charge on any atom is -0.418 e. The fraction of sp³-hybridized carbons (Fsp3) is 0.0526. The van der Waals surface area contributed by atoms with Gasteiger partial charge in [-0.25, -0.2) is 4.79 Å². The lowest BCUT2D eigenvalue weighted by atomic mass is 10.2. The average molecular weight is 508 g/mol. The number of carbonyl (C=O) groups is 1. The molecule has 0 bridgehead atoms. The fourth-order valence-corrected chi connectivity index (χ4v) is 3.65. The van der Waals surface area contributed by atoms with Gasteiger partial charge in [0.15, 0.2) is 5.75 Å². The van der Waals surface area contributed by atoms with Crippen LogP contribution in [0.25, 0.3) is 0 Å². The molecule has 1 aromatic heterocycles. The van der Waals surface area contributed by atoms with E-state index in [1.165, 1.54) is 6.07 Å². The van der Waals surface area contributed by atoms with Crippen LogP contribution in [0.15, 0.2) is 73.0 Å². The highest BCUT2D eigenvalue weighted by molar-refractivity contribution is 9.11. The first-order valence-electron chi connectivity index (χ1n) is 7.93. The van der Waals surface area contributed by atoms with E-state index in [9.17, 15) is 14.9 Å². The molecule has 0 saturated heterocycles. The lowest BCUT2D eigenvalue weighted by Gasteiger charge is -2.08. The van der Waals surface area contributed by atoms with Crippen LogP contribution in [0.4, 0.5) is 5.88 Å². The normalized spacial score (nSPS) is 10.9. The molecule has 142 valence electrons. The molecule has 0 saturated carbocycles. The molecule has 0 fully saturated rings. The maximum absolute atomic E-state index is 12.2. The molecule has 0 aliphatic heterocycles. The van der Waals surface area contributed by atoms with Crippen molar-refractivity contribution >= 4 is 49.9 Å². The molecule has 0 spiro atoms. The number of benzene rings is 2. The monoisotopic (exact) mass is 506 g/mol. The van der Waals surface area contributed by atoms with Gasteiger partial charge in [0.25, 0.3) is 0 Å². The summed E-state index contributed by atoms with van der Waals surface area (Å²) < 4.78 is 11.2. The third-order valence-corrected chi connectivity index (χ3v) is 4.72. The van der Waals surface area contributed by atoms with Crippen LogP contribution in [-0.2, 0) is 6.54 Å². The van der Waals surface area contributed by atoms with Crippen molar-refractivity contribution in [3.63, 3.8) is 0 Å². The summed E-state index contributed by atoms with van der Waals surface area (Å²) in [7, 11) is 0. The number of nitro groups is 1. The van der Waals surface area contributed by atoms with Crippen molar-refractivity contribution in [2.45, 2.75) is 6.54 Å². The number of nitrogens with zero attached hydrogens (tertiary/aromatic N) is 2. The Morgan fingerprint density at radius 3 is 2.43 bits per heavy atom. The Morgan fingerprint density at radius 2 is 1.82 bits per heavy atom. The number of aliphatic imine (C=N–C) groups is 1. The van der Waals surface area contributed by atoms with E-state index in [1.54, 1.807) is 18.3 Å². The molecule has 7 nitrogen and oxygen atoms in total. The van der Waals surface area contributed by atoms with E-state index in [2.05, 4.69) is 36.9 Å². The number of ether oxygens (including phenoxy) is 1. The number of furan rings is 1. The summed E-state index contributed by atoms with van der Waals surface area (Å²) in [6.07, 6.45) is 1.71. The van der Waals surface area contributed by atoms with E-state index in [1.807, 2.05) is 30.3 Å². The molecule has 3 rings (SSSR count). The zero-order valence-electron chi connectivity index (χ0n) is 14.2. The molecule has 0 aliphatic rings. The Kier molecular flexibility index (Phi) is 6.37. The highest BCUT2D eigenvalue weighted by atomic mass is 79.9. The van der Waals surface area contributed by atoms with Gasteiger partial charge in [-0.1, -0.05) is 30.3 Å². The van der Waals surface area contributed by atoms with Gasteiger partial charge in [-0.3, -0.25) is 15.1 Å². The van der Waals surface area contributed by atoms with E-state index in [0.717, 1.165) is 17.2 Å². The Bertz CT molecular complexity index is 1020. The second-order valence-electron chi connectivity index (χ2n) is 5.55. The van der Waals surface area contributed by atoms with Gasteiger partial charge < -0.3 is 9.15 Å². The molecule has 0 atom stereocenters. The third kappa shape index (κ3) is 4.93. The van der Waals surface area contributed by atoms with E-state index in [-0.39, 0.29) is 11.5 Å². The van der Waals surface area contributed by atoms with Crippen LogP contribution < -0.4 is 4.74 Å². The molecular formula is C19H12Br2N2O5. The minimum atomic E-state index is -0.847. The predicted octanol–water partition coefficient (Wildman–Crippen LogP) is 5.55. The molecule has 0 unspecified atom stereocenters. The topological polar surface area (TPSA) is 94.9 Å². The Morgan fingerprint density at radius 1 is 1.14 bits per heavy atom. The lowest BCUT2D eigenvalue weighted by Crippen LogP contribution is -2.08. The molecule has 0 amide bonds. The number of rotatable bonds is 6. The van der Waals surface area contributed by atoms with E-state index in [4.69, 9.17) is 9.15 Å². The summed E-state index contributed by atoms with van der Waals surface area (Å²) in [5.41, 5.74) is 1.89. The highest BCUT2D eigenvalue weighted by Crippen LogP contribution is 2.35. The number of hydrogen-bond acceptors (Lipinski definition) is 6. The van der Waals surface area contributed by atoms with Crippen molar-refractivity contribution < 1.29 is 18.9 Å². The van der Waals surface area contributed by atoms with Gasteiger partial charge in [0.1, 0.15) is 4.92 Å². The van der Waals surface area contributed by atoms with Crippen LogP contribution in [0, 0.1) is 10.1 Å². The molecule has 0 aliphatic carbocycles. The largest absolute Gasteiger partial charge is 0.433 e. The van der Waals surface area contributed by atoms with Crippen molar-refractivity contribution in [1.29, 1.82) is 0 Å². The number of esters is 1. The first-order valence-corrected chi connectivity index (χ1v) is 9.52. The summed E-state index contributed by atoms with van der Waals surface area (Å²) in [5.74, 6) is -1.42. The van der Waals surface area contributed by atoms with Gasteiger partial charge >= 0.3 is 11.9 Å². The lowest BCUT2D eigenvalue weighted by molar-refractivity contribution is -0.402. The van der Waals surface area contributed by atoms with E-state index < -0.39 is 16.8 Å². The summed E-state index contributed by atoms with van der Waals surface area (Å²) in [5, 5.41) is 10.7. The number of hydrogen-bond donors (Lipinski definition) is 0. The van der Waals surface area contributed by atoms with Crippen LogP contribution in [0.2, 0.25) is 0 Å². The number of carbonyl (C=O) groups excluding carboxylic acids is 1. The summed E-state index contributed by atoms with van der Waals surface area (Å²) >= 11 is 6.71. The summed E-state index contributed by atoms with van der Waals surface area (Å²) in [4.78, 5) is 26.5. The van der Waals surface area contributed by atoms with Crippen molar-refractivity contribution in [3.05, 3.63) is 90.5 Å². The SMILES string of the molecule is O=C(Oc1c(Br)cc(C=NCc2ccccc2)cc1Br)c1ccc([N+](=O)[O-])o1. The van der Waals surface area contributed by atoms with Gasteiger partial charge in [0, 0.05) is 6.21 Å². The Labute approximate surface area is 176 Å². The second kappa shape index (κ2) is 8.94. The van der Waals surface area contributed by atoms with Crippen LogP contribution in [0.3, 0.4) is 0 Å². The molecule has 1 heterocycles. The van der Waals surface area contributed by atoms with Crippen LogP contribution in [0.5, 0.6) is 5.75 Å². The zero-order chi connectivity index (χ0) is 20.1. The second-order valence-corrected chi connectivity index (χ2v) is 7.26. The van der Waals surface area contributed by atoms with Gasteiger partial charge in [0.05, 0.1) is 21.6 Å². The zero-order valence-corrected chi connectivity index (χ0v) is 17.3. The van der Waals surface area contributed by atoms with Gasteiger partial charge in [-0.15, -0.1) is 0 Å². The molecule has 3 aromatic rings. The van der Waals surface area contributed by atoms with Crippen LogP contribution in [-0.4, -0.2) is 17.1 Å². The third-order valence-electron chi connectivity index (χ3n) is 3.55. The van der Waals surface area contributed by atoms with E-state index in [0.29, 0.717) is 15.5 Å². The standard InChI is InChI=1S/C19H12Br2N2O5/c20-14-8-13(11-22-10-12-4-2-1-3-5-12)9-15(21)18(14)28-19(24)16-6-7-17(27-16)23(25)26/h1-9,11H,10H2. The van der Waals surface area contributed by atoms with Crippen molar-refractivity contribution in [3.8, 4) is 5.75 Å². The molecule has 0 N–H and O–H groups in total. The van der Waals surface area contributed by atoms with Crippen LogP contribution >= 0.6 is 31.9 Å². The number of halogens is 2. The molecule has 2 aromatic carbocycles. The van der Waals surface area contributed by atoms with Gasteiger partial charge in [-0.2, -0.15) is 0 Å². The first kappa shape index (κ1) is 20.0. The summed E-state index contributed by atoms with van der Waals surface area (Å²) in [6, 6.07) is 15.6. The van der Waals surface area contributed by atoms with Gasteiger partial charge in [-0.05, 0) is 61.2 Å². The maximum Gasteiger partial charge on any atom is 0.433 e. The van der Waals surface area contributed by atoms with Crippen molar-refractivity contribution in [2.75, 3.05) is 0 Å². The highest BCUT2D eigenvalue weighted by Gasteiger charge is 2.21. The van der Waals surface area contributed by atoms with Crippen molar-refractivity contribution in [2.24, 2.45) is 4.99 Å². The molecular weight excluding hydrogens is 496 g/mol. The van der Waals surface area contributed by atoms with E-state index >= 15 is 0 Å². The minimum absolute atomic E-state index is 0.226. The average Bonchev–Trinajstić information content (AvgIpc) is 3.16. The molecule has 28 heavy (non-hydrogen) atoms. The van der Waals surface area contributed by atoms with Crippen LogP contribution in [0.1, 0.15) is 21.7 Å². The molecule has 0 radical (unpaired) electrons. The first-order chi connectivity index (χ1) is 13.4. The fourth-order valence-electron chi connectivity index (χ4n) is 2.27. The quantitative estimate of drug-likeness (QED) is 0.143.